The van der Waals surface area contributed by atoms with E-state index in [1.54, 1.807) is 6.92 Å². The number of nitriles is 1. The van der Waals surface area contributed by atoms with Crippen molar-refractivity contribution in [2.24, 2.45) is 0 Å². The van der Waals surface area contributed by atoms with Gasteiger partial charge in [-0.2, -0.15) is 5.26 Å². The normalized spacial score (nSPS) is 20.3. The van der Waals surface area contributed by atoms with Crippen LogP contribution in [0.25, 0.3) is 0 Å². The average molecular weight is 358 g/mol. The summed E-state index contributed by atoms with van der Waals surface area (Å²) in [6.45, 7) is 3.38. The summed E-state index contributed by atoms with van der Waals surface area (Å²) in [5.41, 5.74) is 0.0775. The third-order valence-corrected chi connectivity index (χ3v) is 4.39. The molecular formula is C16H18N6O4. The van der Waals surface area contributed by atoms with E-state index in [2.05, 4.69) is 9.97 Å². The maximum atomic E-state index is 12.6. The van der Waals surface area contributed by atoms with Crippen LogP contribution in [0.5, 0.6) is 5.88 Å². The SMILES string of the molecule is CCN1CCN(C(=O)N2CCC(Oc3nccnc3C#N)C2)C(=O)C1=O. The van der Waals surface area contributed by atoms with Gasteiger partial charge in [0.1, 0.15) is 12.2 Å². The van der Waals surface area contributed by atoms with E-state index >= 15 is 0 Å². The molecule has 0 radical (unpaired) electrons. The molecule has 0 spiro atoms. The van der Waals surface area contributed by atoms with Gasteiger partial charge in [0.25, 0.3) is 5.88 Å². The number of amides is 4. The summed E-state index contributed by atoms with van der Waals surface area (Å²) >= 11 is 0. The van der Waals surface area contributed by atoms with Crippen LogP contribution in [0.2, 0.25) is 0 Å². The van der Waals surface area contributed by atoms with Crippen molar-refractivity contribution in [2.75, 3.05) is 32.7 Å². The van der Waals surface area contributed by atoms with Crippen molar-refractivity contribution in [2.45, 2.75) is 19.4 Å². The van der Waals surface area contributed by atoms with E-state index in [4.69, 9.17) is 10.00 Å². The Morgan fingerprint density at radius 3 is 2.77 bits per heavy atom. The van der Waals surface area contributed by atoms with Crippen LogP contribution < -0.4 is 4.74 Å². The predicted molar refractivity (Wildman–Crippen MR) is 86.7 cm³/mol. The van der Waals surface area contributed by atoms with Gasteiger partial charge in [-0.1, -0.05) is 0 Å². The first-order chi connectivity index (χ1) is 12.5. The smallest absolute Gasteiger partial charge is 0.327 e. The minimum Gasteiger partial charge on any atom is -0.470 e. The fraction of sp³-hybridized carbons (Fsp3) is 0.500. The minimum absolute atomic E-state index is 0.0775. The summed E-state index contributed by atoms with van der Waals surface area (Å²) < 4.78 is 5.68. The van der Waals surface area contributed by atoms with E-state index in [0.717, 1.165) is 4.90 Å². The van der Waals surface area contributed by atoms with E-state index in [1.807, 2.05) is 6.07 Å². The van der Waals surface area contributed by atoms with Crippen molar-refractivity contribution in [3.63, 3.8) is 0 Å². The van der Waals surface area contributed by atoms with Gasteiger partial charge in [0.15, 0.2) is 0 Å². The van der Waals surface area contributed by atoms with Gasteiger partial charge in [-0.3, -0.25) is 14.5 Å². The Morgan fingerprint density at radius 1 is 1.27 bits per heavy atom. The Morgan fingerprint density at radius 2 is 2.04 bits per heavy atom. The highest BCUT2D eigenvalue weighted by Gasteiger charge is 2.39. The number of carbonyl (C=O) groups is 3. The summed E-state index contributed by atoms with van der Waals surface area (Å²) in [7, 11) is 0. The van der Waals surface area contributed by atoms with Gasteiger partial charge in [-0.15, -0.1) is 0 Å². The standard InChI is InChI=1S/C16H18N6O4/c1-2-20-7-8-22(15(24)14(20)23)16(25)21-6-3-11(10-21)26-13-12(9-17)18-4-5-19-13/h4-5,11H,2-3,6-8,10H2,1H3. The van der Waals surface area contributed by atoms with Crippen LogP contribution >= 0.6 is 0 Å². The molecule has 2 saturated heterocycles. The molecule has 1 aromatic heterocycles. The summed E-state index contributed by atoms with van der Waals surface area (Å²) in [4.78, 5) is 48.4. The molecular weight excluding hydrogens is 340 g/mol. The molecule has 0 bridgehead atoms. The molecule has 0 aromatic carbocycles. The van der Waals surface area contributed by atoms with E-state index in [1.165, 1.54) is 22.2 Å². The number of ether oxygens (including phenoxy) is 1. The molecule has 4 amide bonds. The molecule has 3 rings (SSSR count). The number of likely N-dealkylation sites (N-methyl/N-ethyl adjacent to an activating group) is 1. The highest BCUT2D eigenvalue weighted by Crippen LogP contribution is 2.20. The molecule has 10 nitrogen and oxygen atoms in total. The van der Waals surface area contributed by atoms with Gasteiger partial charge >= 0.3 is 17.8 Å². The Hall–Kier alpha value is -3.22. The number of urea groups is 1. The first-order valence-corrected chi connectivity index (χ1v) is 8.32. The molecule has 2 aliphatic heterocycles. The van der Waals surface area contributed by atoms with Gasteiger partial charge in [-0.05, 0) is 6.92 Å². The fourth-order valence-electron chi connectivity index (χ4n) is 2.97. The Bertz CT molecular complexity index is 776. The fourth-order valence-corrected chi connectivity index (χ4v) is 2.97. The van der Waals surface area contributed by atoms with Gasteiger partial charge < -0.3 is 14.5 Å². The molecule has 3 heterocycles. The van der Waals surface area contributed by atoms with Gasteiger partial charge in [0.2, 0.25) is 5.69 Å². The largest absolute Gasteiger partial charge is 0.470 e. The van der Waals surface area contributed by atoms with Crippen molar-refractivity contribution in [1.29, 1.82) is 5.26 Å². The third kappa shape index (κ3) is 3.28. The lowest BCUT2D eigenvalue weighted by atomic mass is 10.3. The molecule has 1 unspecified atom stereocenters. The molecule has 0 aliphatic carbocycles. The van der Waals surface area contributed by atoms with Crippen LogP contribution in [0.3, 0.4) is 0 Å². The predicted octanol–water partition coefficient (Wildman–Crippen LogP) is -0.388. The summed E-state index contributed by atoms with van der Waals surface area (Å²) in [5, 5.41) is 9.02. The lowest BCUT2D eigenvalue weighted by Gasteiger charge is -2.33. The van der Waals surface area contributed by atoms with Crippen LogP contribution in [0.4, 0.5) is 4.79 Å². The highest BCUT2D eigenvalue weighted by atomic mass is 16.5. The zero-order chi connectivity index (χ0) is 18.7. The lowest BCUT2D eigenvalue weighted by Crippen LogP contribution is -2.58. The summed E-state index contributed by atoms with van der Waals surface area (Å²) in [5.74, 6) is -1.33. The number of piperazine rings is 1. The minimum atomic E-state index is -0.798. The quantitative estimate of drug-likeness (QED) is 0.675. The third-order valence-electron chi connectivity index (χ3n) is 4.39. The molecule has 10 heteroatoms. The van der Waals surface area contributed by atoms with Crippen LogP contribution in [-0.4, -0.2) is 81.3 Å². The Kier molecular flexibility index (Phi) is 4.97. The molecule has 1 aromatic rings. The number of hydrogen-bond donors (Lipinski definition) is 0. The second-order valence-corrected chi connectivity index (χ2v) is 5.92. The van der Waals surface area contributed by atoms with E-state index < -0.39 is 17.8 Å². The second-order valence-electron chi connectivity index (χ2n) is 5.92. The zero-order valence-electron chi connectivity index (χ0n) is 14.3. The van der Waals surface area contributed by atoms with Crippen molar-refractivity contribution in [1.82, 2.24) is 24.7 Å². The van der Waals surface area contributed by atoms with Crippen LogP contribution in [0.15, 0.2) is 12.4 Å². The number of hydrogen-bond acceptors (Lipinski definition) is 7. The van der Waals surface area contributed by atoms with E-state index in [-0.39, 0.29) is 30.8 Å². The number of rotatable bonds is 3. The second kappa shape index (κ2) is 7.35. The monoisotopic (exact) mass is 358 g/mol. The molecule has 2 aliphatic rings. The molecule has 26 heavy (non-hydrogen) atoms. The van der Waals surface area contributed by atoms with Gasteiger partial charge in [-0.25, -0.2) is 14.8 Å². The van der Waals surface area contributed by atoms with Crippen LogP contribution in [0, 0.1) is 11.3 Å². The van der Waals surface area contributed by atoms with E-state index in [0.29, 0.717) is 26.1 Å². The van der Waals surface area contributed by atoms with Crippen molar-refractivity contribution < 1.29 is 19.1 Å². The molecule has 1 atom stereocenters. The Balaban J connectivity index is 1.62. The number of aromatic nitrogens is 2. The highest BCUT2D eigenvalue weighted by molar-refractivity contribution is 6.38. The number of likely N-dealkylation sites (tertiary alicyclic amines) is 1. The van der Waals surface area contributed by atoms with Crippen molar-refractivity contribution in [3.8, 4) is 11.9 Å². The average Bonchev–Trinajstić information content (AvgIpc) is 3.12. The van der Waals surface area contributed by atoms with Crippen LogP contribution in [0.1, 0.15) is 19.0 Å². The molecule has 2 fully saturated rings. The summed E-state index contributed by atoms with van der Waals surface area (Å²) in [6.07, 6.45) is 3.00. The van der Waals surface area contributed by atoms with Crippen LogP contribution in [-0.2, 0) is 9.59 Å². The number of imide groups is 1. The van der Waals surface area contributed by atoms with Gasteiger partial charge in [0.05, 0.1) is 6.54 Å². The first kappa shape index (κ1) is 17.6. The molecule has 0 saturated carbocycles. The van der Waals surface area contributed by atoms with Crippen molar-refractivity contribution in [3.05, 3.63) is 18.1 Å². The van der Waals surface area contributed by atoms with Crippen molar-refractivity contribution >= 4 is 17.8 Å². The maximum Gasteiger partial charge on any atom is 0.327 e. The molecule has 0 N–H and O–H groups in total. The summed E-state index contributed by atoms with van der Waals surface area (Å²) in [6, 6.07) is 1.41. The number of nitrogens with zero attached hydrogens (tertiary/aromatic N) is 6. The number of carbonyl (C=O) groups excluding carboxylic acids is 3. The van der Waals surface area contributed by atoms with E-state index in [9.17, 15) is 14.4 Å². The Labute approximate surface area is 150 Å². The first-order valence-electron chi connectivity index (χ1n) is 8.32. The maximum absolute atomic E-state index is 12.6. The molecule has 136 valence electrons. The lowest BCUT2D eigenvalue weighted by molar-refractivity contribution is -0.153. The topological polar surface area (TPSA) is 120 Å². The van der Waals surface area contributed by atoms with Gasteiger partial charge in [0, 0.05) is 45.0 Å². The zero-order valence-corrected chi connectivity index (χ0v) is 14.3.